The van der Waals surface area contributed by atoms with E-state index in [9.17, 15) is 4.79 Å². The van der Waals surface area contributed by atoms with Crippen molar-refractivity contribution in [2.75, 3.05) is 6.54 Å². The van der Waals surface area contributed by atoms with Crippen LogP contribution in [-0.4, -0.2) is 12.5 Å². The highest BCUT2D eigenvalue weighted by Gasteiger charge is 2.00. The minimum absolute atomic E-state index is 0.252. The first-order valence-electron chi connectivity index (χ1n) is 8.93. The van der Waals surface area contributed by atoms with Gasteiger partial charge in [0, 0.05) is 13.0 Å². The lowest BCUT2D eigenvalue weighted by Gasteiger charge is -2.06. The smallest absolute Gasteiger partial charge is 0.219 e. The average molecular weight is 284 g/mol. The zero-order chi connectivity index (χ0) is 15.1. The summed E-state index contributed by atoms with van der Waals surface area (Å²) in [6.07, 6.45) is 14.6. The second-order valence-electron chi connectivity index (χ2n) is 6.46. The highest BCUT2D eigenvalue weighted by atomic mass is 16.1. The van der Waals surface area contributed by atoms with E-state index in [1.54, 1.807) is 0 Å². The van der Waals surface area contributed by atoms with Gasteiger partial charge in [-0.3, -0.25) is 4.79 Å². The molecule has 0 heterocycles. The molecule has 0 aromatic heterocycles. The summed E-state index contributed by atoms with van der Waals surface area (Å²) in [5, 5.41) is 3.04. The van der Waals surface area contributed by atoms with Crippen molar-refractivity contribution in [2.45, 2.75) is 97.8 Å². The summed E-state index contributed by atoms with van der Waals surface area (Å²) >= 11 is 0. The number of unbranched alkanes of at least 4 members (excludes halogenated alkanes) is 8. The number of carbonyl (C=O) groups excluding carboxylic acids is 1. The molecule has 20 heavy (non-hydrogen) atoms. The van der Waals surface area contributed by atoms with Crippen LogP contribution in [0, 0.1) is 5.92 Å². The van der Waals surface area contributed by atoms with E-state index in [1.165, 1.54) is 57.8 Å². The summed E-state index contributed by atoms with van der Waals surface area (Å²) in [6, 6.07) is 0. The van der Waals surface area contributed by atoms with E-state index < -0.39 is 0 Å². The van der Waals surface area contributed by atoms with Crippen LogP contribution in [0.2, 0.25) is 0 Å². The van der Waals surface area contributed by atoms with Crippen molar-refractivity contribution in [1.82, 2.24) is 5.32 Å². The van der Waals surface area contributed by atoms with Crippen LogP contribution in [0.15, 0.2) is 0 Å². The molecule has 0 bridgehead atoms. The van der Waals surface area contributed by atoms with Crippen LogP contribution in [-0.2, 0) is 4.79 Å². The van der Waals surface area contributed by atoms with Crippen molar-refractivity contribution in [2.24, 2.45) is 5.92 Å². The molecule has 1 N–H and O–H groups in total. The van der Waals surface area contributed by atoms with E-state index in [-0.39, 0.29) is 5.91 Å². The van der Waals surface area contributed by atoms with Gasteiger partial charge >= 0.3 is 0 Å². The lowest BCUT2D eigenvalue weighted by molar-refractivity contribution is -0.121. The number of hydrogen-bond acceptors (Lipinski definition) is 1. The van der Waals surface area contributed by atoms with Gasteiger partial charge in [-0.1, -0.05) is 78.6 Å². The fourth-order valence-corrected chi connectivity index (χ4v) is 2.41. The minimum atomic E-state index is 0.252. The maximum atomic E-state index is 11.6. The Morgan fingerprint density at radius 2 is 1.45 bits per heavy atom. The summed E-state index contributed by atoms with van der Waals surface area (Å²) in [5.74, 6) is 1.06. The van der Waals surface area contributed by atoms with Gasteiger partial charge in [0.1, 0.15) is 0 Å². The van der Waals surface area contributed by atoms with Gasteiger partial charge in [-0.05, 0) is 18.8 Å². The molecule has 0 aromatic carbocycles. The molecular weight excluding hydrogens is 246 g/mol. The number of nitrogens with one attached hydrogen (secondary N) is 1. The van der Waals surface area contributed by atoms with Gasteiger partial charge in [0.2, 0.25) is 5.91 Å². The van der Waals surface area contributed by atoms with Crippen LogP contribution in [0.5, 0.6) is 0 Å². The molecule has 0 radical (unpaired) electrons. The molecule has 0 spiro atoms. The minimum Gasteiger partial charge on any atom is -0.356 e. The highest BCUT2D eigenvalue weighted by Crippen LogP contribution is 2.09. The second-order valence-corrected chi connectivity index (χ2v) is 6.46. The van der Waals surface area contributed by atoms with Gasteiger partial charge in [-0.25, -0.2) is 0 Å². The molecule has 0 saturated heterocycles. The fraction of sp³-hybridized carbons (Fsp3) is 0.944. The van der Waals surface area contributed by atoms with E-state index in [4.69, 9.17) is 0 Å². The first kappa shape index (κ1) is 19.5. The van der Waals surface area contributed by atoms with E-state index in [0.29, 0.717) is 0 Å². The topological polar surface area (TPSA) is 29.1 Å². The Kier molecular flexibility index (Phi) is 14.5. The predicted molar refractivity (Wildman–Crippen MR) is 88.9 cm³/mol. The van der Waals surface area contributed by atoms with Gasteiger partial charge in [0.25, 0.3) is 0 Å². The standard InChI is InChI=1S/C18H37NO/c1-4-5-6-7-8-9-12-15-18(20)19-16-13-10-11-14-17(2)3/h17H,4-16H2,1-3H3,(H,19,20). The summed E-state index contributed by atoms with van der Waals surface area (Å²) in [7, 11) is 0. The maximum absolute atomic E-state index is 11.6. The van der Waals surface area contributed by atoms with Gasteiger partial charge in [-0.2, -0.15) is 0 Å². The third-order valence-electron chi connectivity index (χ3n) is 3.79. The normalized spacial score (nSPS) is 11.0. The van der Waals surface area contributed by atoms with E-state index >= 15 is 0 Å². The van der Waals surface area contributed by atoms with E-state index in [2.05, 4.69) is 26.1 Å². The molecule has 0 unspecified atom stereocenters. The molecule has 0 saturated carbocycles. The monoisotopic (exact) mass is 283 g/mol. The molecular formula is C18H37NO. The Balaban J connectivity index is 3.17. The molecule has 0 aromatic rings. The summed E-state index contributed by atoms with van der Waals surface area (Å²) in [4.78, 5) is 11.6. The maximum Gasteiger partial charge on any atom is 0.219 e. The molecule has 0 aliphatic rings. The molecule has 0 aliphatic heterocycles. The van der Waals surface area contributed by atoms with Gasteiger partial charge < -0.3 is 5.32 Å². The predicted octanol–water partition coefficient (Wildman–Crippen LogP) is 5.46. The van der Waals surface area contributed by atoms with Crippen molar-refractivity contribution in [3.63, 3.8) is 0 Å². The van der Waals surface area contributed by atoms with Crippen LogP contribution in [0.3, 0.4) is 0 Å². The Labute approximate surface area is 127 Å². The Morgan fingerprint density at radius 1 is 0.850 bits per heavy atom. The van der Waals surface area contributed by atoms with E-state index in [0.717, 1.165) is 31.7 Å². The lowest BCUT2D eigenvalue weighted by Crippen LogP contribution is -2.23. The molecule has 0 atom stereocenters. The molecule has 0 aliphatic carbocycles. The first-order chi connectivity index (χ1) is 9.66. The zero-order valence-corrected chi connectivity index (χ0v) is 14.2. The lowest BCUT2D eigenvalue weighted by atomic mass is 10.1. The number of carbonyl (C=O) groups is 1. The van der Waals surface area contributed by atoms with E-state index in [1.807, 2.05) is 0 Å². The average Bonchev–Trinajstić information content (AvgIpc) is 2.41. The van der Waals surface area contributed by atoms with Crippen molar-refractivity contribution in [1.29, 1.82) is 0 Å². The molecule has 2 nitrogen and oxygen atoms in total. The van der Waals surface area contributed by atoms with Crippen LogP contribution in [0.4, 0.5) is 0 Å². The van der Waals surface area contributed by atoms with Crippen LogP contribution in [0.1, 0.15) is 97.8 Å². The Bertz CT molecular complexity index is 213. The first-order valence-corrected chi connectivity index (χ1v) is 8.93. The third-order valence-corrected chi connectivity index (χ3v) is 3.79. The summed E-state index contributed by atoms with van der Waals surface area (Å²) in [6.45, 7) is 7.65. The Hall–Kier alpha value is -0.530. The third kappa shape index (κ3) is 15.5. The zero-order valence-electron chi connectivity index (χ0n) is 14.2. The fourth-order valence-electron chi connectivity index (χ4n) is 2.41. The van der Waals surface area contributed by atoms with Crippen LogP contribution < -0.4 is 5.32 Å². The van der Waals surface area contributed by atoms with Gasteiger partial charge in [0.15, 0.2) is 0 Å². The van der Waals surface area contributed by atoms with Crippen LogP contribution in [0.25, 0.3) is 0 Å². The second kappa shape index (κ2) is 14.9. The number of rotatable bonds is 14. The van der Waals surface area contributed by atoms with Crippen LogP contribution >= 0.6 is 0 Å². The molecule has 1 amide bonds. The SMILES string of the molecule is CCCCCCCCCC(=O)NCCCCCC(C)C. The van der Waals surface area contributed by atoms with Gasteiger partial charge in [0.05, 0.1) is 0 Å². The number of hydrogen-bond donors (Lipinski definition) is 1. The molecule has 2 heteroatoms. The highest BCUT2D eigenvalue weighted by molar-refractivity contribution is 5.75. The molecule has 120 valence electrons. The van der Waals surface area contributed by atoms with Crippen molar-refractivity contribution < 1.29 is 4.79 Å². The Morgan fingerprint density at radius 3 is 2.10 bits per heavy atom. The van der Waals surface area contributed by atoms with Gasteiger partial charge in [-0.15, -0.1) is 0 Å². The molecule has 0 rings (SSSR count). The summed E-state index contributed by atoms with van der Waals surface area (Å²) in [5.41, 5.74) is 0. The van der Waals surface area contributed by atoms with Crippen molar-refractivity contribution in [3.8, 4) is 0 Å². The van der Waals surface area contributed by atoms with Crippen molar-refractivity contribution >= 4 is 5.91 Å². The number of amides is 1. The van der Waals surface area contributed by atoms with Crippen molar-refractivity contribution in [3.05, 3.63) is 0 Å². The summed E-state index contributed by atoms with van der Waals surface area (Å²) < 4.78 is 0. The molecule has 0 fully saturated rings. The quantitative estimate of drug-likeness (QED) is 0.421. The largest absolute Gasteiger partial charge is 0.356 e.